The summed E-state index contributed by atoms with van der Waals surface area (Å²) in [7, 11) is 0. The van der Waals surface area contributed by atoms with E-state index in [1.807, 2.05) is 12.1 Å². The molecule has 0 N–H and O–H groups in total. The van der Waals surface area contributed by atoms with Gasteiger partial charge >= 0.3 is 73.4 Å². The molecule has 0 unspecified atom stereocenters. The van der Waals surface area contributed by atoms with Crippen LogP contribution >= 0.6 is 0 Å². The van der Waals surface area contributed by atoms with Gasteiger partial charge in [-0.1, -0.05) is 0 Å². The molecule has 0 spiro atoms. The first-order valence-corrected chi connectivity index (χ1v) is 4.40. The Morgan fingerprint density at radius 3 is 3.10 bits per heavy atom. The Balaban J connectivity index is 2.84. The molecule has 0 aliphatic heterocycles. The Kier molecular flexibility index (Phi) is 2.86. The zero-order valence-electron chi connectivity index (χ0n) is 5.54. The van der Waals surface area contributed by atoms with Gasteiger partial charge in [0.25, 0.3) is 0 Å². The van der Waals surface area contributed by atoms with Crippen LogP contribution in [0.2, 0.25) is 0 Å². The Morgan fingerprint density at radius 2 is 2.50 bits per heavy atom. The van der Waals surface area contributed by atoms with Gasteiger partial charge in [-0.3, -0.25) is 0 Å². The van der Waals surface area contributed by atoms with Gasteiger partial charge < -0.3 is 0 Å². The van der Waals surface area contributed by atoms with Gasteiger partial charge in [-0.05, 0) is 0 Å². The van der Waals surface area contributed by atoms with Crippen molar-refractivity contribution in [3.05, 3.63) is 30.6 Å². The fourth-order valence-electron chi connectivity index (χ4n) is 0.658. The van der Waals surface area contributed by atoms with Crippen molar-refractivity contribution in [3.63, 3.8) is 0 Å². The van der Waals surface area contributed by atoms with Gasteiger partial charge in [0.1, 0.15) is 0 Å². The van der Waals surface area contributed by atoms with Crippen LogP contribution in [0.25, 0.3) is 0 Å². The standard InChI is InChI=1S/C7H7N2.Sn/c1-2-3-7-4-5-8-6-9-7;/h2,4-5H,1,3H2;. The van der Waals surface area contributed by atoms with Crippen molar-refractivity contribution in [2.75, 3.05) is 0 Å². The zero-order valence-corrected chi connectivity index (χ0v) is 8.39. The Hall–Kier alpha value is -0.381. The molecule has 1 aromatic rings. The monoisotopic (exact) mass is 239 g/mol. The molecule has 0 amide bonds. The van der Waals surface area contributed by atoms with Gasteiger partial charge in [-0.15, -0.1) is 0 Å². The van der Waals surface area contributed by atoms with E-state index in [1.165, 1.54) is 22.5 Å². The van der Waals surface area contributed by atoms with Crippen molar-refractivity contribution >= 4 is 26.4 Å². The first-order valence-electron chi connectivity index (χ1n) is 2.97. The zero-order chi connectivity index (χ0) is 7.40. The van der Waals surface area contributed by atoms with E-state index in [1.54, 1.807) is 6.20 Å². The molecule has 0 aromatic carbocycles. The van der Waals surface area contributed by atoms with E-state index in [9.17, 15) is 0 Å². The minimum absolute atomic E-state index is 0.837. The average Bonchev–Trinajstić information content (AvgIpc) is 1.88. The third kappa shape index (κ3) is 2.10. The third-order valence-electron chi connectivity index (χ3n) is 1.07. The van der Waals surface area contributed by atoms with Crippen LogP contribution in [-0.2, 0) is 6.42 Å². The topological polar surface area (TPSA) is 25.8 Å². The molecule has 3 radical (unpaired) electrons. The number of allylic oxidation sites excluding steroid dienone is 1. The molecule has 49 valence electrons. The summed E-state index contributed by atoms with van der Waals surface area (Å²) in [5, 5.41) is 0. The van der Waals surface area contributed by atoms with E-state index in [0.717, 1.165) is 16.0 Å². The molecule has 0 atom stereocenters. The quantitative estimate of drug-likeness (QED) is 0.535. The van der Waals surface area contributed by atoms with Crippen LogP contribution < -0.4 is 3.84 Å². The molecule has 0 saturated heterocycles. The third-order valence-corrected chi connectivity index (χ3v) is 1.75. The maximum atomic E-state index is 4.22. The van der Waals surface area contributed by atoms with Crippen LogP contribution in [0.3, 0.4) is 0 Å². The summed E-state index contributed by atoms with van der Waals surface area (Å²) in [4.78, 5) is 8.24. The van der Waals surface area contributed by atoms with Crippen molar-refractivity contribution in [1.82, 2.24) is 9.97 Å². The molecule has 0 aliphatic carbocycles. The summed E-state index contributed by atoms with van der Waals surface area (Å²) < 4.78 is 0.909. The number of hydrogen-bond acceptors (Lipinski definition) is 2. The molecular weight excluding hydrogens is 231 g/mol. The Labute approximate surface area is 73.5 Å². The summed E-state index contributed by atoms with van der Waals surface area (Å²) in [5.41, 5.74) is 1.05. The SMILES string of the molecule is C=CCc1ccn[c]([Sn])n1. The molecule has 0 saturated carbocycles. The summed E-state index contributed by atoms with van der Waals surface area (Å²) >= 11 is 1.26. The van der Waals surface area contributed by atoms with Crippen molar-refractivity contribution in [1.29, 1.82) is 0 Å². The van der Waals surface area contributed by atoms with Crippen LogP contribution in [0.5, 0.6) is 0 Å². The predicted molar refractivity (Wildman–Crippen MR) is 41.3 cm³/mol. The summed E-state index contributed by atoms with van der Waals surface area (Å²) in [6.45, 7) is 3.63. The number of rotatable bonds is 2. The van der Waals surface area contributed by atoms with E-state index in [0.29, 0.717) is 0 Å². The van der Waals surface area contributed by atoms with Crippen molar-refractivity contribution in [2.45, 2.75) is 6.42 Å². The Morgan fingerprint density at radius 1 is 1.70 bits per heavy atom. The van der Waals surface area contributed by atoms with E-state index in [-0.39, 0.29) is 0 Å². The number of hydrogen-bond donors (Lipinski definition) is 0. The summed E-state index contributed by atoms with van der Waals surface area (Å²) in [6, 6.07) is 1.91. The molecule has 1 rings (SSSR count). The average molecular weight is 238 g/mol. The molecule has 0 aliphatic rings. The minimum atomic E-state index is 0.837. The predicted octanol–water partition coefficient (Wildman–Crippen LogP) is -0.00110. The van der Waals surface area contributed by atoms with Gasteiger partial charge in [0.05, 0.1) is 0 Å². The molecule has 3 heteroatoms. The molecule has 0 fully saturated rings. The molecular formula is C7H7N2Sn. The fraction of sp³-hybridized carbons (Fsp3) is 0.143. The van der Waals surface area contributed by atoms with E-state index < -0.39 is 0 Å². The second-order valence-electron chi connectivity index (χ2n) is 1.86. The van der Waals surface area contributed by atoms with E-state index in [4.69, 9.17) is 0 Å². The second kappa shape index (κ2) is 3.71. The van der Waals surface area contributed by atoms with E-state index >= 15 is 0 Å². The molecule has 10 heavy (non-hydrogen) atoms. The van der Waals surface area contributed by atoms with Crippen molar-refractivity contribution in [2.24, 2.45) is 0 Å². The van der Waals surface area contributed by atoms with Crippen LogP contribution in [0.4, 0.5) is 0 Å². The summed E-state index contributed by atoms with van der Waals surface area (Å²) in [6.07, 6.45) is 4.47. The number of nitrogens with zero attached hydrogens (tertiary/aromatic N) is 2. The first-order chi connectivity index (χ1) is 4.83. The van der Waals surface area contributed by atoms with Gasteiger partial charge in [0, 0.05) is 0 Å². The van der Waals surface area contributed by atoms with Gasteiger partial charge in [0.15, 0.2) is 0 Å². The Bertz CT molecular complexity index is 235. The first kappa shape index (κ1) is 7.72. The van der Waals surface area contributed by atoms with Crippen molar-refractivity contribution in [3.8, 4) is 0 Å². The van der Waals surface area contributed by atoms with E-state index in [2.05, 4.69) is 16.5 Å². The number of aromatic nitrogens is 2. The van der Waals surface area contributed by atoms with Crippen LogP contribution in [-0.4, -0.2) is 32.5 Å². The molecule has 1 heterocycles. The van der Waals surface area contributed by atoms with Crippen LogP contribution in [0.1, 0.15) is 5.69 Å². The van der Waals surface area contributed by atoms with Crippen LogP contribution in [0, 0.1) is 0 Å². The molecule has 2 nitrogen and oxygen atoms in total. The van der Waals surface area contributed by atoms with Gasteiger partial charge in [-0.2, -0.15) is 0 Å². The fourth-order valence-corrected chi connectivity index (χ4v) is 1.28. The van der Waals surface area contributed by atoms with Crippen LogP contribution in [0.15, 0.2) is 24.9 Å². The van der Waals surface area contributed by atoms with Gasteiger partial charge in [-0.25, -0.2) is 0 Å². The summed E-state index contributed by atoms with van der Waals surface area (Å²) in [5.74, 6) is 0. The maximum absolute atomic E-state index is 4.22. The van der Waals surface area contributed by atoms with Crippen molar-refractivity contribution < 1.29 is 0 Å². The van der Waals surface area contributed by atoms with Gasteiger partial charge in [0.2, 0.25) is 0 Å². The second-order valence-corrected chi connectivity index (χ2v) is 3.14. The molecule has 0 bridgehead atoms. The normalized spacial score (nSPS) is 9.30. The molecule has 1 aromatic heterocycles.